The molecule has 0 fully saturated rings. The second-order valence-electron chi connectivity index (χ2n) is 8.76. The van der Waals surface area contributed by atoms with Gasteiger partial charge in [0.05, 0.1) is 0 Å². The van der Waals surface area contributed by atoms with E-state index in [4.69, 9.17) is 4.52 Å². The molecule has 0 saturated carbocycles. The maximum atomic E-state index is 13.1. The first kappa shape index (κ1) is 22.0. The van der Waals surface area contributed by atoms with E-state index in [-0.39, 0.29) is 5.91 Å². The number of hydrogen-bond acceptors (Lipinski definition) is 5. The van der Waals surface area contributed by atoms with Crippen molar-refractivity contribution in [3.8, 4) is 0 Å². The van der Waals surface area contributed by atoms with Gasteiger partial charge in [0.1, 0.15) is 0 Å². The van der Waals surface area contributed by atoms with Gasteiger partial charge in [0.25, 0.3) is 0 Å². The molecule has 0 bridgehead atoms. The number of anilines is 1. The zero-order valence-electron chi connectivity index (χ0n) is 19.0. The summed E-state index contributed by atoms with van der Waals surface area (Å²) in [6.07, 6.45) is 5.55. The molecule has 3 aromatic rings. The van der Waals surface area contributed by atoms with Crippen molar-refractivity contribution < 1.29 is 9.32 Å². The van der Waals surface area contributed by atoms with E-state index in [1.165, 1.54) is 11.1 Å². The van der Waals surface area contributed by atoms with Crippen molar-refractivity contribution in [1.29, 1.82) is 0 Å². The van der Waals surface area contributed by atoms with Gasteiger partial charge < -0.3 is 14.3 Å². The second kappa shape index (κ2) is 9.92. The standard InChI is InChI=1S/C26H30N4O2/c1-19-8-10-20(11-9-19)12-13-24-27-25(32-28-24)14-15-26(31)30-18-21(17-29(2)3)16-22-6-4-5-7-23(22)30/h4-13,21H,14-18H2,1-3H3. The first-order chi connectivity index (χ1) is 15.5. The molecular formula is C26H30N4O2. The van der Waals surface area contributed by atoms with E-state index in [1.54, 1.807) is 0 Å². The van der Waals surface area contributed by atoms with E-state index in [0.29, 0.717) is 30.5 Å². The van der Waals surface area contributed by atoms with Gasteiger partial charge in [-0.25, -0.2) is 0 Å². The van der Waals surface area contributed by atoms with Crippen molar-refractivity contribution in [3.63, 3.8) is 0 Å². The van der Waals surface area contributed by atoms with Crippen LogP contribution in [0.25, 0.3) is 12.2 Å². The Morgan fingerprint density at radius 3 is 2.72 bits per heavy atom. The third-order valence-electron chi connectivity index (χ3n) is 5.69. The molecule has 2 aromatic carbocycles. The van der Waals surface area contributed by atoms with Crippen molar-refractivity contribution >= 4 is 23.7 Å². The molecule has 1 amide bonds. The van der Waals surface area contributed by atoms with Crippen LogP contribution in [0.3, 0.4) is 0 Å². The highest BCUT2D eigenvalue weighted by Gasteiger charge is 2.28. The molecule has 32 heavy (non-hydrogen) atoms. The number of amides is 1. The van der Waals surface area contributed by atoms with Gasteiger partial charge in [-0.15, -0.1) is 0 Å². The van der Waals surface area contributed by atoms with Crippen molar-refractivity contribution in [2.24, 2.45) is 5.92 Å². The third-order valence-corrected chi connectivity index (χ3v) is 5.69. The van der Waals surface area contributed by atoms with E-state index in [2.05, 4.69) is 54.3 Å². The van der Waals surface area contributed by atoms with E-state index >= 15 is 0 Å². The number of carbonyl (C=O) groups excluding carboxylic acids is 1. The van der Waals surface area contributed by atoms with Gasteiger partial charge >= 0.3 is 0 Å². The molecule has 0 aliphatic carbocycles. The maximum absolute atomic E-state index is 13.1. The van der Waals surface area contributed by atoms with Crippen LogP contribution in [0.15, 0.2) is 53.1 Å². The van der Waals surface area contributed by atoms with Crippen LogP contribution < -0.4 is 4.90 Å². The van der Waals surface area contributed by atoms with Crippen LogP contribution in [0, 0.1) is 12.8 Å². The molecule has 1 aliphatic rings. The molecule has 4 rings (SSSR count). The van der Waals surface area contributed by atoms with Crippen LogP contribution in [-0.4, -0.2) is 48.1 Å². The topological polar surface area (TPSA) is 62.5 Å². The summed E-state index contributed by atoms with van der Waals surface area (Å²) in [6, 6.07) is 16.4. The number of hydrogen-bond donors (Lipinski definition) is 0. The molecular weight excluding hydrogens is 400 g/mol. The first-order valence-electron chi connectivity index (χ1n) is 11.1. The Morgan fingerprint density at radius 2 is 1.94 bits per heavy atom. The number of aromatic nitrogens is 2. The first-order valence-corrected chi connectivity index (χ1v) is 11.1. The Balaban J connectivity index is 1.38. The molecule has 6 heteroatoms. The molecule has 2 heterocycles. The van der Waals surface area contributed by atoms with Crippen LogP contribution in [0.5, 0.6) is 0 Å². The molecule has 166 valence electrons. The highest BCUT2D eigenvalue weighted by atomic mass is 16.5. The predicted octanol–water partition coefficient (Wildman–Crippen LogP) is 4.25. The number of carbonyl (C=O) groups is 1. The van der Waals surface area contributed by atoms with Crippen LogP contribution in [0.2, 0.25) is 0 Å². The average molecular weight is 431 g/mol. The summed E-state index contributed by atoms with van der Waals surface area (Å²) in [5.41, 5.74) is 4.56. The number of benzene rings is 2. The summed E-state index contributed by atoms with van der Waals surface area (Å²) >= 11 is 0. The van der Waals surface area contributed by atoms with Crippen LogP contribution in [0.1, 0.15) is 34.8 Å². The summed E-state index contributed by atoms with van der Waals surface area (Å²) in [5, 5.41) is 4.02. The quantitative estimate of drug-likeness (QED) is 0.561. The predicted molar refractivity (Wildman–Crippen MR) is 127 cm³/mol. The Labute approximate surface area is 189 Å². The van der Waals surface area contributed by atoms with Gasteiger partial charge in [-0.1, -0.05) is 59.3 Å². The number of para-hydroxylation sites is 1. The summed E-state index contributed by atoms with van der Waals surface area (Å²) in [5.74, 6) is 1.51. The summed E-state index contributed by atoms with van der Waals surface area (Å²) in [6.45, 7) is 3.76. The van der Waals surface area contributed by atoms with Crippen LogP contribution >= 0.6 is 0 Å². The largest absolute Gasteiger partial charge is 0.339 e. The fraction of sp³-hybridized carbons (Fsp3) is 0.346. The fourth-order valence-electron chi connectivity index (χ4n) is 4.19. The molecule has 1 aliphatic heterocycles. The molecule has 6 nitrogen and oxygen atoms in total. The number of nitrogens with zero attached hydrogens (tertiary/aromatic N) is 4. The van der Waals surface area contributed by atoms with E-state index in [9.17, 15) is 4.79 Å². The number of fused-ring (bicyclic) bond motifs is 1. The third kappa shape index (κ3) is 5.51. The molecule has 1 aromatic heterocycles. The van der Waals surface area contributed by atoms with Gasteiger partial charge in [0, 0.05) is 31.6 Å². The Morgan fingerprint density at radius 1 is 1.16 bits per heavy atom. The average Bonchev–Trinajstić information content (AvgIpc) is 3.24. The summed E-state index contributed by atoms with van der Waals surface area (Å²) in [7, 11) is 4.15. The Kier molecular flexibility index (Phi) is 6.81. The minimum atomic E-state index is 0.0934. The fourth-order valence-corrected chi connectivity index (χ4v) is 4.19. The van der Waals surface area contributed by atoms with Crippen LogP contribution in [0.4, 0.5) is 5.69 Å². The van der Waals surface area contributed by atoms with Gasteiger partial charge in [-0.05, 0) is 56.6 Å². The van der Waals surface area contributed by atoms with Gasteiger partial charge in [-0.2, -0.15) is 4.98 Å². The second-order valence-corrected chi connectivity index (χ2v) is 8.76. The zero-order chi connectivity index (χ0) is 22.5. The Bertz CT molecular complexity index is 1090. The number of aryl methyl sites for hydroxylation is 2. The molecule has 1 unspecified atom stereocenters. The minimum Gasteiger partial charge on any atom is -0.339 e. The summed E-state index contributed by atoms with van der Waals surface area (Å²) in [4.78, 5) is 21.7. The smallest absolute Gasteiger partial charge is 0.227 e. The Hall–Kier alpha value is -3.25. The lowest BCUT2D eigenvalue weighted by molar-refractivity contribution is -0.118. The van der Waals surface area contributed by atoms with Crippen molar-refractivity contribution in [2.75, 3.05) is 32.1 Å². The molecule has 0 saturated heterocycles. The lowest BCUT2D eigenvalue weighted by atomic mass is 9.91. The van der Waals surface area contributed by atoms with Crippen LogP contribution in [-0.2, 0) is 17.6 Å². The normalized spacial score (nSPS) is 16.0. The molecule has 0 radical (unpaired) electrons. The summed E-state index contributed by atoms with van der Waals surface area (Å²) < 4.78 is 5.36. The number of rotatable bonds is 7. The molecule has 0 spiro atoms. The van der Waals surface area contributed by atoms with Crippen molar-refractivity contribution in [2.45, 2.75) is 26.2 Å². The lowest BCUT2D eigenvalue weighted by Gasteiger charge is -2.35. The van der Waals surface area contributed by atoms with Crippen molar-refractivity contribution in [3.05, 3.63) is 76.9 Å². The SMILES string of the molecule is Cc1ccc(C=Cc2noc(CCC(=O)N3CC(CN(C)C)Cc4ccccc43)n2)cc1. The van der Waals surface area contributed by atoms with Gasteiger partial charge in [-0.3, -0.25) is 4.79 Å². The zero-order valence-corrected chi connectivity index (χ0v) is 19.0. The highest BCUT2D eigenvalue weighted by Crippen LogP contribution is 2.30. The van der Waals surface area contributed by atoms with Gasteiger partial charge in [0.2, 0.25) is 11.8 Å². The maximum Gasteiger partial charge on any atom is 0.227 e. The highest BCUT2D eigenvalue weighted by molar-refractivity contribution is 5.94. The lowest BCUT2D eigenvalue weighted by Crippen LogP contribution is -2.43. The van der Waals surface area contributed by atoms with Gasteiger partial charge in [0.15, 0.2) is 5.82 Å². The minimum absolute atomic E-state index is 0.0934. The van der Waals surface area contributed by atoms with E-state index in [0.717, 1.165) is 30.8 Å². The van der Waals surface area contributed by atoms with Crippen molar-refractivity contribution in [1.82, 2.24) is 15.0 Å². The molecule has 1 atom stereocenters. The molecule has 0 N–H and O–H groups in total. The van der Waals surface area contributed by atoms with E-state index < -0.39 is 0 Å². The van der Waals surface area contributed by atoms with E-state index in [1.807, 2.05) is 47.4 Å². The monoisotopic (exact) mass is 430 g/mol.